The molecule has 0 rings (SSSR count). The minimum absolute atomic E-state index is 0.935. The minimum Gasteiger partial charge on any atom is -0.450 e. The van der Waals surface area contributed by atoms with Crippen molar-refractivity contribution in [2.45, 2.75) is 67.2 Å². The van der Waals surface area contributed by atoms with E-state index in [9.17, 15) is 0 Å². The molecular formula is C14H32O6. The monoisotopic (exact) mass is 296 g/mol. The van der Waals surface area contributed by atoms with Gasteiger partial charge < -0.3 is 20.4 Å². The topological polar surface area (TPSA) is 115 Å². The summed E-state index contributed by atoms with van der Waals surface area (Å²) in [5.74, 6) is 1.87. The lowest BCUT2D eigenvalue weighted by Crippen LogP contribution is -1.85. The Balaban J connectivity index is -0.0000000871. The van der Waals surface area contributed by atoms with Gasteiger partial charge in [-0.25, -0.2) is 9.59 Å². The van der Waals surface area contributed by atoms with Crippen molar-refractivity contribution in [1.29, 1.82) is 0 Å². The van der Waals surface area contributed by atoms with Crippen LogP contribution in [0.2, 0.25) is 0 Å². The lowest BCUT2D eigenvalue weighted by molar-refractivity contribution is 0.135. The second-order valence-electron chi connectivity index (χ2n) is 4.41. The van der Waals surface area contributed by atoms with Crippen molar-refractivity contribution in [3.63, 3.8) is 0 Å². The van der Waals surface area contributed by atoms with Gasteiger partial charge in [0.1, 0.15) is 0 Å². The predicted molar refractivity (Wildman–Crippen MR) is 80.8 cm³/mol. The van der Waals surface area contributed by atoms with E-state index in [1.165, 1.54) is 25.7 Å². The van der Waals surface area contributed by atoms with E-state index in [0.29, 0.717) is 0 Å². The molecule has 0 aromatic carbocycles. The van der Waals surface area contributed by atoms with Gasteiger partial charge in [0, 0.05) is 0 Å². The van der Waals surface area contributed by atoms with Gasteiger partial charge in [0.25, 0.3) is 0 Å². The summed E-state index contributed by atoms with van der Waals surface area (Å²) in [6.07, 6.45) is 1.65. The zero-order chi connectivity index (χ0) is 17.1. The largest absolute Gasteiger partial charge is 0.503 e. The van der Waals surface area contributed by atoms with Crippen LogP contribution < -0.4 is 0 Å². The predicted octanol–water partition coefficient (Wildman–Crippen LogP) is 5.33. The van der Waals surface area contributed by atoms with E-state index in [1.807, 2.05) is 0 Å². The van der Waals surface area contributed by atoms with Crippen molar-refractivity contribution in [3.8, 4) is 0 Å². The van der Waals surface area contributed by atoms with Gasteiger partial charge in [-0.05, 0) is 11.8 Å². The molecule has 0 aromatic heterocycles. The molecule has 0 fully saturated rings. The lowest BCUT2D eigenvalue weighted by atomic mass is 10.1. The highest BCUT2D eigenvalue weighted by molar-refractivity contribution is 5.53. The van der Waals surface area contributed by atoms with E-state index >= 15 is 0 Å². The van der Waals surface area contributed by atoms with Crippen molar-refractivity contribution < 1.29 is 30.0 Å². The summed E-state index contributed by atoms with van der Waals surface area (Å²) in [5.41, 5.74) is 0. The summed E-state index contributed by atoms with van der Waals surface area (Å²) in [7, 11) is 0. The molecule has 0 saturated carbocycles. The molecule has 0 bridgehead atoms. The molecule has 0 aliphatic rings. The first-order valence-electron chi connectivity index (χ1n) is 6.92. The van der Waals surface area contributed by atoms with E-state index in [0.717, 1.165) is 11.8 Å². The Morgan fingerprint density at radius 1 is 0.650 bits per heavy atom. The molecule has 0 atom stereocenters. The van der Waals surface area contributed by atoms with Crippen molar-refractivity contribution in [1.82, 2.24) is 0 Å². The summed E-state index contributed by atoms with van der Waals surface area (Å²) < 4.78 is 0. The fraction of sp³-hybridized carbons (Fsp3) is 0.857. The van der Waals surface area contributed by atoms with Crippen LogP contribution in [0, 0.1) is 11.8 Å². The van der Waals surface area contributed by atoms with Crippen molar-refractivity contribution in [3.05, 3.63) is 0 Å². The van der Waals surface area contributed by atoms with E-state index in [-0.39, 0.29) is 0 Å². The average molecular weight is 296 g/mol. The zero-order valence-corrected chi connectivity index (χ0v) is 13.6. The molecule has 0 amide bonds. The standard InChI is InChI=1S/2C6H14.2CH2O3/c2*1-4-6(3)5-2;2*2-1(3)4/h2*6H,4-5H2,1-3H3;2*(H2,2,3,4). The first kappa shape index (κ1) is 27.0. The Bertz CT molecular complexity index is 168. The van der Waals surface area contributed by atoms with Gasteiger partial charge in [-0.2, -0.15) is 0 Å². The van der Waals surface area contributed by atoms with Crippen molar-refractivity contribution in [2.75, 3.05) is 0 Å². The Labute approximate surface area is 122 Å². The fourth-order valence-electron chi connectivity index (χ4n) is 0.577. The summed E-state index contributed by atoms with van der Waals surface area (Å²) in [6.45, 7) is 13.5. The van der Waals surface area contributed by atoms with E-state index in [4.69, 9.17) is 30.0 Å². The summed E-state index contributed by atoms with van der Waals surface area (Å²) in [6, 6.07) is 0. The molecule has 6 nitrogen and oxygen atoms in total. The molecule has 0 radical (unpaired) electrons. The number of hydrogen-bond donors (Lipinski definition) is 4. The zero-order valence-electron chi connectivity index (χ0n) is 13.6. The van der Waals surface area contributed by atoms with E-state index in [1.54, 1.807) is 0 Å². The molecule has 0 heterocycles. The van der Waals surface area contributed by atoms with Gasteiger partial charge in [-0.15, -0.1) is 0 Å². The van der Waals surface area contributed by atoms with E-state index in [2.05, 4.69) is 41.5 Å². The molecule has 6 heteroatoms. The number of hydrogen-bond acceptors (Lipinski definition) is 2. The normalized spacial score (nSPS) is 8.40. The second kappa shape index (κ2) is 22.7. The van der Waals surface area contributed by atoms with Crippen molar-refractivity contribution >= 4 is 12.3 Å². The molecule has 4 N–H and O–H groups in total. The first-order valence-corrected chi connectivity index (χ1v) is 6.92. The summed E-state index contributed by atoms with van der Waals surface area (Å²) in [5, 5.41) is 27.9. The molecule has 124 valence electrons. The van der Waals surface area contributed by atoms with Gasteiger partial charge in [0.2, 0.25) is 0 Å². The molecule has 20 heavy (non-hydrogen) atoms. The minimum atomic E-state index is -1.83. The summed E-state index contributed by atoms with van der Waals surface area (Å²) in [4.78, 5) is 17.1. The molecule has 0 saturated heterocycles. The fourth-order valence-corrected chi connectivity index (χ4v) is 0.577. The quantitative estimate of drug-likeness (QED) is 0.557. The Morgan fingerprint density at radius 2 is 0.750 bits per heavy atom. The van der Waals surface area contributed by atoms with Gasteiger partial charge in [-0.1, -0.05) is 67.2 Å². The van der Waals surface area contributed by atoms with Crippen LogP contribution in [0.1, 0.15) is 67.2 Å². The summed E-state index contributed by atoms with van der Waals surface area (Å²) >= 11 is 0. The third-order valence-electron chi connectivity index (χ3n) is 2.79. The Morgan fingerprint density at radius 3 is 0.750 bits per heavy atom. The highest BCUT2D eigenvalue weighted by Gasteiger charge is 1.89. The molecule has 0 unspecified atom stereocenters. The second-order valence-corrected chi connectivity index (χ2v) is 4.41. The van der Waals surface area contributed by atoms with Crippen LogP contribution in [-0.2, 0) is 0 Å². The van der Waals surface area contributed by atoms with Crippen LogP contribution in [0.15, 0.2) is 0 Å². The van der Waals surface area contributed by atoms with Gasteiger partial charge in [0.05, 0.1) is 0 Å². The molecule has 0 aromatic rings. The van der Waals surface area contributed by atoms with Crippen LogP contribution in [0.5, 0.6) is 0 Å². The molecule has 0 aliphatic carbocycles. The Hall–Kier alpha value is -1.46. The van der Waals surface area contributed by atoms with E-state index < -0.39 is 12.3 Å². The SMILES string of the molecule is CCC(C)CC.CCC(C)CC.O=C(O)O.O=C(O)O. The third-order valence-corrected chi connectivity index (χ3v) is 2.79. The first-order chi connectivity index (χ1) is 9.08. The maximum Gasteiger partial charge on any atom is 0.503 e. The van der Waals surface area contributed by atoms with Crippen LogP contribution in [0.25, 0.3) is 0 Å². The highest BCUT2D eigenvalue weighted by atomic mass is 16.6. The van der Waals surface area contributed by atoms with Crippen LogP contribution in [-0.4, -0.2) is 32.7 Å². The molecule has 0 aliphatic heterocycles. The van der Waals surface area contributed by atoms with Gasteiger partial charge in [0.15, 0.2) is 0 Å². The number of rotatable bonds is 4. The smallest absolute Gasteiger partial charge is 0.450 e. The Kier molecular flexibility index (Phi) is 30.6. The van der Waals surface area contributed by atoms with Crippen LogP contribution >= 0.6 is 0 Å². The maximum absolute atomic E-state index is 8.56. The highest BCUT2D eigenvalue weighted by Crippen LogP contribution is 2.03. The number of carboxylic acid groups (broad SMARTS) is 4. The lowest BCUT2D eigenvalue weighted by Gasteiger charge is -1.98. The molecular weight excluding hydrogens is 264 g/mol. The van der Waals surface area contributed by atoms with Crippen LogP contribution in [0.4, 0.5) is 9.59 Å². The molecule has 0 spiro atoms. The number of carbonyl (C=O) groups is 2. The maximum atomic E-state index is 8.56. The van der Waals surface area contributed by atoms with Gasteiger partial charge in [-0.3, -0.25) is 0 Å². The average Bonchev–Trinajstić information content (AvgIpc) is 2.36. The van der Waals surface area contributed by atoms with Crippen LogP contribution in [0.3, 0.4) is 0 Å². The third kappa shape index (κ3) is 93.4. The van der Waals surface area contributed by atoms with Crippen molar-refractivity contribution in [2.24, 2.45) is 11.8 Å². The van der Waals surface area contributed by atoms with Gasteiger partial charge >= 0.3 is 12.3 Å².